The van der Waals surface area contributed by atoms with Crippen LogP contribution in [-0.2, 0) is 4.74 Å². The first kappa shape index (κ1) is 10.0. The Balaban J connectivity index is 4.57. The second kappa shape index (κ2) is 4.77. The van der Waals surface area contributed by atoms with Crippen molar-refractivity contribution in [3.05, 3.63) is 11.5 Å². The summed E-state index contributed by atoms with van der Waals surface area (Å²) in [5.41, 5.74) is 6.51. The van der Waals surface area contributed by atoms with Crippen molar-refractivity contribution in [1.82, 2.24) is 0 Å². The van der Waals surface area contributed by atoms with Gasteiger partial charge >= 0.3 is 0 Å². The minimum absolute atomic E-state index is 0.346. The van der Waals surface area contributed by atoms with Crippen LogP contribution in [0.4, 0.5) is 0 Å². The van der Waals surface area contributed by atoms with Crippen LogP contribution in [0.1, 0.15) is 13.8 Å². The minimum atomic E-state index is 0.346. The Hall–Kier alpha value is -0.990. The quantitative estimate of drug-likeness (QED) is 0.492. The Labute approximate surface area is 68.0 Å². The number of rotatable bonds is 3. The number of hydrogen-bond acceptors (Lipinski definition) is 3. The van der Waals surface area contributed by atoms with Gasteiger partial charge in [-0.3, -0.25) is 4.99 Å². The topological polar surface area (TPSA) is 47.6 Å². The molecule has 3 heteroatoms. The number of ether oxygens (including phenoxy) is 1. The number of allylic oxidation sites excluding steroid dienone is 1. The molecule has 0 aliphatic heterocycles. The van der Waals surface area contributed by atoms with Crippen LogP contribution in [0.5, 0.6) is 0 Å². The molecule has 0 bridgehead atoms. The van der Waals surface area contributed by atoms with Gasteiger partial charge in [0.15, 0.2) is 5.88 Å². The summed E-state index contributed by atoms with van der Waals surface area (Å²) in [5, 5.41) is 0. The molecule has 0 unspecified atom stereocenters. The molecule has 0 aliphatic rings. The van der Waals surface area contributed by atoms with Crippen molar-refractivity contribution in [3.63, 3.8) is 0 Å². The summed E-state index contributed by atoms with van der Waals surface area (Å²) < 4.78 is 4.89. The smallest absolute Gasteiger partial charge is 0.188 e. The van der Waals surface area contributed by atoms with E-state index in [4.69, 9.17) is 10.5 Å². The van der Waals surface area contributed by atoms with Crippen molar-refractivity contribution in [2.24, 2.45) is 16.6 Å². The lowest BCUT2D eigenvalue weighted by Crippen LogP contribution is -2.09. The molecule has 0 aromatic carbocycles. The summed E-state index contributed by atoms with van der Waals surface area (Å²) in [4.78, 5) is 3.88. The molecule has 0 aromatic heterocycles. The highest BCUT2D eigenvalue weighted by Crippen LogP contribution is 2.09. The van der Waals surface area contributed by atoms with E-state index in [1.54, 1.807) is 20.4 Å². The Bertz CT molecular complexity index is 171. The van der Waals surface area contributed by atoms with Crippen LogP contribution < -0.4 is 5.73 Å². The summed E-state index contributed by atoms with van der Waals surface area (Å²) in [7, 11) is 3.27. The first-order chi connectivity index (χ1) is 5.13. The number of nitrogens with zero attached hydrogens (tertiary/aromatic N) is 1. The Morgan fingerprint density at radius 2 is 2.09 bits per heavy atom. The molecule has 0 spiro atoms. The number of methoxy groups -OCH3 is 1. The third kappa shape index (κ3) is 3.07. The van der Waals surface area contributed by atoms with Gasteiger partial charge in [0.05, 0.1) is 7.11 Å². The van der Waals surface area contributed by atoms with Gasteiger partial charge in [-0.1, -0.05) is 13.8 Å². The van der Waals surface area contributed by atoms with E-state index in [1.165, 1.54) is 0 Å². The minimum Gasteiger partial charge on any atom is -0.482 e. The fraction of sp³-hybridized carbons (Fsp3) is 0.625. The summed E-state index contributed by atoms with van der Waals surface area (Å²) >= 11 is 0. The van der Waals surface area contributed by atoms with Crippen LogP contribution in [0.15, 0.2) is 16.4 Å². The van der Waals surface area contributed by atoms with E-state index < -0.39 is 0 Å². The molecule has 64 valence electrons. The third-order valence-electron chi connectivity index (χ3n) is 1.39. The predicted octanol–water partition coefficient (Wildman–Crippen LogP) is 1.16. The molecule has 0 aromatic rings. The maximum absolute atomic E-state index is 5.57. The van der Waals surface area contributed by atoms with E-state index in [0.717, 1.165) is 5.57 Å². The molecular formula is C8H16N2O. The summed E-state index contributed by atoms with van der Waals surface area (Å²) in [6.45, 7) is 4.09. The Morgan fingerprint density at radius 3 is 2.36 bits per heavy atom. The van der Waals surface area contributed by atoms with Gasteiger partial charge in [-0.05, 0) is 5.92 Å². The summed E-state index contributed by atoms with van der Waals surface area (Å²) in [6, 6.07) is 0. The first-order valence-electron chi connectivity index (χ1n) is 3.59. The van der Waals surface area contributed by atoms with Crippen LogP contribution in [0.25, 0.3) is 0 Å². The van der Waals surface area contributed by atoms with E-state index in [0.29, 0.717) is 11.8 Å². The molecule has 0 fully saturated rings. The van der Waals surface area contributed by atoms with Crippen molar-refractivity contribution in [2.45, 2.75) is 13.8 Å². The normalized spacial score (nSPS) is 13.9. The SMILES string of the molecule is CN=CC(=C(N)OC)C(C)C. The molecule has 0 heterocycles. The van der Waals surface area contributed by atoms with E-state index >= 15 is 0 Å². The molecule has 0 amide bonds. The van der Waals surface area contributed by atoms with Gasteiger partial charge in [0, 0.05) is 18.8 Å². The maximum Gasteiger partial charge on any atom is 0.188 e. The van der Waals surface area contributed by atoms with Crippen LogP contribution in [0.3, 0.4) is 0 Å². The highest BCUT2D eigenvalue weighted by molar-refractivity contribution is 5.79. The Kier molecular flexibility index (Phi) is 4.34. The van der Waals surface area contributed by atoms with E-state index in [9.17, 15) is 0 Å². The fourth-order valence-corrected chi connectivity index (χ4v) is 0.754. The highest BCUT2D eigenvalue weighted by Gasteiger charge is 2.05. The molecule has 2 N–H and O–H groups in total. The summed E-state index contributed by atoms with van der Waals surface area (Å²) in [6.07, 6.45) is 1.73. The van der Waals surface area contributed by atoms with Crippen LogP contribution in [-0.4, -0.2) is 20.4 Å². The molecule has 0 aliphatic carbocycles. The fourth-order valence-electron chi connectivity index (χ4n) is 0.754. The lowest BCUT2D eigenvalue weighted by molar-refractivity contribution is 0.281. The van der Waals surface area contributed by atoms with Gasteiger partial charge in [-0.25, -0.2) is 0 Å². The maximum atomic E-state index is 5.57. The van der Waals surface area contributed by atoms with Crippen molar-refractivity contribution in [3.8, 4) is 0 Å². The second-order valence-electron chi connectivity index (χ2n) is 2.57. The molecule has 0 rings (SSSR count). The van der Waals surface area contributed by atoms with Crippen LogP contribution in [0.2, 0.25) is 0 Å². The number of nitrogens with two attached hydrogens (primary N) is 1. The van der Waals surface area contributed by atoms with Gasteiger partial charge in [0.25, 0.3) is 0 Å². The molecule has 0 saturated carbocycles. The molecule has 3 nitrogen and oxygen atoms in total. The van der Waals surface area contributed by atoms with Gasteiger partial charge in [0.2, 0.25) is 0 Å². The lowest BCUT2D eigenvalue weighted by Gasteiger charge is -2.08. The first-order valence-corrected chi connectivity index (χ1v) is 3.59. The molecule has 0 radical (unpaired) electrons. The monoisotopic (exact) mass is 156 g/mol. The zero-order chi connectivity index (χ0) is 8.85. The zero-order valence-corrected chi connectivity index (χ0v) is 7.59. The van der Waals surface area contributed by atoms with Gasteiger partial charge in [0.1, 0.15) is 0 Å². The molecule has 11 heavy (non-hydrogen) atoms. The highest BCUT2D eigenvalue weighted by atomic mass is 16.5. The van der Waals surface area contributed by atoms with Gasteiger partial charge in [-0.2, -0.15) is 0 Å². The number of aliphatic imine (C=N–C) groups is 1. The van der Waals surface area contributed by atoms with Crippen molar-refractivity contribution in [2.75, 3.05) is 14.2 Å². The number of hydrogen-bond donors (Lipinski definition) is 1. The van der Waals surface area contributed by atoms with Gasteiger partial charge < -0.3 is 10.5 Å². The van der Waals surface area contributed by atoms with Crippen molar-refractivity contribution >= 4 is 6.21 Å². The van der Waals surface area contributed by atoms with Crippen LogP contribution >= 0.6 is 0 Å². The van der Waals surface area contributed by atoms with E-state index in [1.807, 2.05) is 13.8 Å². The Morgan fingerprint density at radius 1 is 1.55 bits per heavy atom. The zero-order valence-electron chi connectivity index (χ0n) is 7.59. The molecule has 0 atom stereocenters. The standard InChI is InChI=1S/C8H16N2O/c1-6(2)7(5-10-3)8(9)11-4/h5-6H,9H2,1-4H3. The average Bonchev–Trinajstić information content (AvgIpc) is 1.98. The average molecular weight is 156 g/mol. The summed E-state index contributed by atoms with van der Waals surface area (Å²) in [5.74, 6) is 0.796. The largest absolute Gasteiger partial charge is 0.482 e. The van der Waals surface area contributed by atoms with Crippen molar-refractivity contribution < 1.29 is 4.74 Å². The third-order valence-corrected chi connectivity index (χ3v) is 1.39. The van der Waals surface area contributed by atoms with E-state index in [-0.39, 0.29) is 0 Å². The lowest BCUT2D eigenvalue weighted by atomic mass is 10.1. The van der Waals surface area contributed by atoms with Crippen LogP contribution in [0, 0.1) is 5.92 Å². The predicted molar refractivity (Wildman–Crippen MR) is 47.5 cm³/mol. The molecular weight excluding hydrogens is 140 g/mol. The van der Waals surface area contributed by atoms with Gasteiger partial charge in [-0.15, -0.1) is 0 Å². The van der Waals surface area contributed by atoms with E-state index in [2.05, 4.69) is 4.99 Å². The molecule has 0 saturated heterocycles. The second-order valence-corrected chi connectivity index (χ2v) is 2.57. The van der Waals surface area contributed by atoms with Crippen molar-refractivity contribution in [1.29, 1.82) is 0 Å².